The fourth-order valence-corrected chi connectivity index (χ4v) is 6.98. The Labute approximate surface area is 273 Å². The molecule has 0 aliphatic heterocycles. The molecule has 0 aliphatic rings. The van der Waals surface area contributed by atoms with Gasteiger partial charge in [0.1, 0.15) is 17.3 Å². The molecule has 0 saturated carbocycles. The van der Waals surface area contributed by atoms with Gasteiger partial charge in [0.05, 0.1) is 25.2 Å². The number of benzene rings is 4. The molecule has 8 nitrogen and oxygen atoms in total. The fraction of sp³-hybridized carbons (Fsp3) is 0.229. The Bertz CT molecular complexity index is 2090. The summed E-state index contributed by atoms with van der Waals surface area (Å²) >= 11 is 0. The van der Waals surface area contributed by atoms with Crippen molar-refractivity contribution < 1.29 is 50.1 Å². The molecular formula is C35H31F4NO7S. The quantitative estimate of drug-likeness (QED) is 0.133. The highest BCUT2D eigenvalue weighted by molar-refractivity contribution is 7.92. The number of furan rings is 1. The molecule has 0 saturated heterocycles. The number of aliphatic hydroxyl groups excluding tert-OH is 1. The zero-order valence-corrected chi connectivity index (χ0v) is 26.7. The van der Waals surface area contributed by atoms with E-state index in [0.29, 0.717) is 12.1 Å². The van der Waals surface area contributed by atoms with Crippen LogP contribution in [0.15, 0.2) is 88.2 Å². The first-order valence-electron chi connectivity index (χ1n) is 14.6. The van der Waals surface area contributed by atoms with Crippen LogP contribution in [-0.4, -0.2) is 42.4 Å². The zero-order chi connectivity index (χ0) is 34.8. The Balaban J connectivity index is 1.53. The molecule has 0 amide bonds. The Kier molecular flexibility index (Phi) is 9.94. The molecule has 0 spiro atoms. The van der Waals surface area contributed by atoms with Crippen LogP contribution in [0, 0.1) is 12.7 Å². The van der Waals surface area contributed by atoms with Gasteiger partial charge in [-0.05, 0) is 70.3 Å². The Morgan fingerprint density at radius 3 is 2.35 bits per heavy atom. The number of aliphatic hydroxyl groups is 1. The third kappa shape index (κ3) is 7.53. The van der Waals surface area contributed by atoms with Crippen molar-refractivity contribution in [2.24, 2.45) is 0 Å². The highest BCUT2D eigenvalue weighted by Crippen LogP contribution is 2.36. The lowest BCUT2D eigenvalue weighted by molar-refractivity contribution is -0.153. The van der Waals surface area contributed by atoms with Gasteiger partial charge in [-0.25, -0.2) is 12.8 Å². The number of aliphatic carboxylic acids is 1. The van der Waals surface area contributed by atoms with E-state index in [9.17, 15) is 31.5 Å². The maximum Gasteiger partial charge on any atom is 0.449 e. The first kappa shape index (κ1) is 34.6. The summed E-state index contributed by atoms with van der Waals surface area (Å²) in [5.41, 5.74) is 2.44. The van der Waals surface area contributed by atoms with Crippen molar-refractivity contribution in [2.45, 2.75) is 44.2 Å². The summed E-state index contributed by atoms with van der Waals surface area (Å²) in [4.78, 5) is 12.5. The summed E-state index contributed by atoms with van der Waals surface area (Å²) in [7, 11) is -3.15. The predicted molar refractivity (Wildman–Crippen MR) is 169 cm³/mol. The summed E-state index contributed by atoms with van der Waals surface area (Å²) in [5.74, 6) is -4.75. The minimum absolute atomic E-state index is 0.0292. The van der Waals surface area contributed by atoms with Crippen molar-refractivity contribution in [1.29, 1.82) is 0 Å². The number of hydrogen-bond donors (Lipinski definition) is 2. The average Bonchev–Trinajstić information content (AvgIpc) is 3.50. The van der Waals surface area contributed by atoms with Crippen molar-refractivity contribution in [1.82, 2.24) is 4.90 Å². The number of halogens is 4. The van der Waals surface area contributed by atoms with Crippen LogP contribution in [0.4, 0.5) is 17.6 Å². The molecule has 1 aromatic heterocycles. The van der Waals surface area contributed by atoms with Gasteiger partial charge in [-0.3, -0.25) is 9.69 Å². The maximum absolute atomic E-state index is 15.1. The van der Waals surface area contributed by atoms with E-state index in [-0.39, 0.29) is 35.7 Å². The predicted octanol–water partition coefficient (Wildman–Crippen LogP) is 7.13. The van der Waals surface area contributed by atoms with Crippen molar-refractivity contribution in [3.05, 3.63) is 118 Å². The van der Waals surface area contributed by atoms with E-state index in [2.05, 4.69) is 0 Å². The number of alkyl halides is 3. The van der Waals surface area contributed by atoms with Crippen LogP contribution in [-0.2, 0) is 47.0 Å². The molecule has 0 fully saturated rings. The molecule has 13 heteroatoms. The van der Waals surface area contributed by atoms with E-state index in [1.165, 1.54) is 13.2 Å². The zero-order valence-electron chi connectivity index (χ0n) is 25.8. The monoisotopic (exact) mass is 685 g/mol. The van der Waals surface area contributed by atoms with Crippen molar-refractivity contribution in [2.75, 3.05) is 12.9 Å². The summed E-state index contributed by atoms with van der Waals surface area (Å²) in [5, 5.41) is 20.8. The first-order valence-corrected chi connectivity index (χ1v) is 16.3. The van der Waals surface area contributed by atoms with Crippen LogP contribution < -0.4 is 4.74 Å². The molecule has 0 bridgehead atoms. The number of nitrogens with zero attached hydrogens (tertiary/aromatic N) is 1. The van der Waals surface area contributed by atoms with Gasteiger partial charge in [-0.1, -0.05) is 48.5 Å². The Morgan fingerprint density at radius 1 is 0.938 bits per heavy atom. The molecule has 2 N–H and O–H groups in total. The lowest BCUT2D eigenvalue weighted by atomic mass is 9.98. The second kappa shape index (κ2) is 13.8. The van der Waals surface area contributed by atoms with Crippen LogP contribution in [0.5, 0.6) is 5.75 Å². The molecule has 0 radical (unpaired) electrons. The highest BCUT2D eigenvalue weighted by atomic mass is 32.2. The summed E-state index contributed by atoms with van der Waals surface area (Å²) < 4.78 is 91.3. The summed E-state index contributed by atoms with van der Waals surface area (Å²) in [6.45, 7) is 1.58. The van der Waals surface area contributed by atoms with E-state index in [4.69, 9.17) is 14.3 Å². The van der Waals surface area contributed by atoms with Gasteiger partial charge in [0.25, 0.3) is 0 Å². The number of fused-ring (bicyclic) bond motifs is 1. The molecule has 48 heavy (non-hydrogen) atoms. The molecular weight excluding hydrogens is 654 g/mol. The molecule has 1 heterocycles. The van der Waals surface area contributed by atoms with Crippen molar-refractivity contribution >= 4 is 26.6 Å². The Hall–Kier alpha value is -4.72. The largest absolute Gasteiger partial charge is 0.496 e. The maximum atomic E-state index is 15.1. The standard InChI is InChI=1S/C35H31F4NO7S/c1-21-7-9-23-5-3-4-6-26(23)28(21)18-40(17-25-10-12-33(47-25)35(37,38)39)16-22-8-11-27(31(13-22)46-2)24-14-30(36)29(19-41)32(15-24)48(44,45)20-34(42)43/h3-15,41H,16-20H2,1-2H3,(H,42,43). The molecule has 0 unspecified atom stereocenters. The highest BCUT2D eigenvalue weighted by Gasteiger charge is 2.35. The van der Waals surface area contributed by atoms with Gasteiger partial charge < -0.3 is 19.4 Å². The summed E-state index contributed by atoms with van der Waals surface area (Å²) in [6, 6.07) is 21.0. The third-order valence-corrected chi connectivity index (χ3v) is 9.58. The number of carbonyl (C=O) groups is 1. The number of carboxylic acid groups (broad SMARTS) is 1. The average molecular weight is 686 g/mol. The molecule has 5 rings (SSSR count). The van der Waals surface area contributed by atoms with Gasteiger partial charge in [-0.2, -0.15) is 13.2 Å². The first-order chi connectivity index (χ1) is 22.7. The van der Waals surface area contributed by atoms with Crippen LogP contribution in [0.25, 0.3) is 21.9 Å². The van der Waals surface area contributed by atoms with E-state index in [1.807, 2.05) is 48.2 Å². The second-order valence-electron chi connectivity index (χ2n) is 11.3. The SMILES string of the molecule is COc1cc(CN(Cc2ccc(C(F)(F)F)o2)Cc2c(C)ccc3ccccc23)ccc1-c1cc(F)c(CO)c(S(=O)(=O)CC(=O)O)c1. The van der Waals surface area contributed by atoms with E-state index < -0.39 is 56.4 Å². The van der Waals surface area contributed by atoms with Gasteiger partial charge in [0.2, 0.25) is 5.76 Å². The van der Waals surface area contributed by atoms with Crippen LogP contribution in [0.3, 0.4) is 0 Å². The van der Waals surface area contributed by atoms with Crippen LogP contribution >= 0.6 is 0 Å². The van der Waals surface area contributed by atoms with Gasteiger partial charge in [0.15, 0.2) is 15.6 Å². The molecule has 0 atom stereocenters. The third-order valence-electron chi connectivity index (χ3n) is 7.92. The smallest absolute Gasteiger partial charge is 0.449 e. The molecule has 252 valence electrons. The number of ether oxygens (including phenoxy) is 1. The van der Waals surface area contributed by atoms with E-state index >= 15 is 4.39 Å². The summed E-state index contributed by atoms with van der Waals surface area (Å²) in [6.07, 6.45) is -4.64. The topological polar surface area (TPSA) is 117 Å². The minimum atomic E-state index is -4.64. The van der Waals surface area contributed by atoms with Crippen molar-refractivity contribution in [3.63, 3.8) is 0 Å². The van der Waals surface area contributed by atoms with E-state index in [0.717, 1.165) is 40.1 Å². The number of hydrogen-bond acceptors (Lipinski definition) is 7. The van der Waals surface area contributed by atoms with Gasteiger partial charge in [0, 0.05) is 24.2 Å². The molecule has 5 aromatic rings. The number of carboxylic acids is 1. The second-order valence-corrected chi connectivity index (χ2v) is 13.2. The number of rotatable bonds is 12. The van der Waals surface area contributed by atoms with Gasteiger partial charge in [-0.15, -0.1) is 0 Å². The normalized spacial score (nSPS) is 12.2. The Morgan fingerprint density at radius 2 is 1.69 bits per heavy atom. The fourth-order valence-electron chi connectivity index (χ4n) is 5.65. The van der Waals surface area contributed by atoms with E-state index in [1.54, 1.807) is 18.2 Å². The minimum Gasteiger partial charge on any atom is -0.496 e. The number of sulfone groups is 1. The molecule has 0 aliphatic carbocycles. The van der Waals surface area contributed by atoms with Crippen LogP contribution in [0.1, 0.15) is 33.8 Å². The number of methoxy groups -OCH3 is 1. The van der Waals surface area contributed by atoms with Crippen molar-refractivity contribution in [3.8, 4) is 16.9 Å². The lowest BCUT2D eigenvalue weighted by Crippen LogP contribution is -2.23. The van der Waals surface area contributed by atoms with Gasteiger partial charge >= 0.3 is 12.1 Å². The lowest BCUT2D eigenvalue weighted by Gasteiger charge is -2.24. The van der Waals surface area contributed by atoms with Crippen LogP contribution in [0.2, 0.25) is 0 Å². The number of aryl methyl sites for hydroxylation is 1. The molecule has 4 aromatic carbocycles.